The van der Waals surface area contributed by atoms with Crippen LogP contribution in [0.1, 0.15) is 54.6 Å². The van der Waals surface area contributed by atoms with Crippen molar-refractivity contribution in [1.82, 2.24) is 4.57 Å². The third-order valence-corrected chi connectivity index (χ3v) is 4.77. The van der Waals surface area contributed by atoms with E-state index < -0.39 is 28.4 Å². The van der Waals surface area contributed by atoms with Gasteiger partial charge in [-0.05, 0) is 32.6 Å². The van der Waals surface area contributed by atoms with E-state index in [0.29, 0.717) is 0 Å². The van der Waals surface area contributed by atoms with Gasteiger partial charge in [-0.15, -0.1) is 0 Å². The fraction of sp³-hybridized carbons (Fsp3) is 0.444. The number of esters is 1. The van der Waals surface area contributed by atoms with Gasteiger partial charge >= 0.3 is 5.97 Å². The van der Waals surface area contributed by atoms with Gasteiger partial charge in [-0.25, -0.2) is 13.6 Å². The van der Waals surface area contributed by atoms with Gasteiger partial charge in [0.25, 0.3) is 0 Å². The highest BCUT2D eigenvalue weighted by Gasteiger charge is 2.37. The van der Waals surface area contributed by atoms with Gasteiger partial charge in [0, 0.05) is 11.8 Å². The molecule has 1 atom stereocenters. The molecule has 0 saturated heterocycles. The molecule has 132 valence electrons. The largest absolute Gasteiger partial charge is 0.489 e. The maximum Gasteiger partial charge on any atom is 0.343 e. The molecule has 2 aliphatic rings. The molecule has 1 unspecified atom stereocenters. The average Bonchev–Trinajstić information content (AvgIpc) is 3.40. The van der Waals surface area contributed by atoms with Gasteiger partial charge in [0.15, 0.2) is 11.6 Å². The molecule has 4 rings (SSSR count). The van der Waals surface area contributed by atoms with Crippen LogP contribution in [0.4, 0.5) is 8.78 Å². The molecule has 1 aromatic heterocycles. The Morgan fingerprint density at radius 1 is 1.36 bits per heavy atom. The Labute approximate surface area is 142 Å². The van der Waals surface area contributed by atoms with Crippen LogP contribution in [-0.4, -0.2) is 23.8 Å². The first-order valence-corrected chi connectivity index (χ1v) is 8.35. The van der Waals surface area contributed by atoms with E-state index in [0.717, 1.165) is 12.8 Å². The number of nitrogens with zero attached hydrogens (tertiary/aromatic N) is 1. The van der Waals surface area contributed by atoms with Gasteiger partial charge in [0.05, 0.1) is 23.6 Å². The number of halogens is 2. The van der Waals surface area contributed by atoms with Gasteiger partial charge in [-0.3, -0.25) is 4.79 Å². The minimum absolute atomic E-state index is 0.0810. The predicted octanol–water partition coefficient (Wildman–Crippen LogP) is 3.29. The van der Waals surface area contributed by atoms with E-state index in [4.69, 9.17) is 9.47 Å². The van der Waals surface area contributed by atoms with Crippen LogP contribution in [0.2, 0.25) is 0 Å². The van der Waals surface area contributed by atoms with Crippen molar-refractivity contribution in [3.05, 3.63) is 39.2 Å². The summed E-state index contributed by atoms with van der Waals surface area (Å²) in [5, 5.41) is -0.450. The van der Waals surface area contributed by atoms with E-state index in [1.807, 2.05) is 6.92 Å². The summed E-state index contributed by atoms with van der Waals surface area (Å²) in [7, 11) is 0. The van der Waals surface area contributed by atoms with E-state index >= 15 is 0 Å². The van der Waals surface area contributed by atoms with Crippen LogP contribution in [0.5, 0.6) is 5.75 Å². The predicted molar refractivity (Wildman–Crippen MR) is 86.3 cm³/mol. The molecule has 1 aliphatic heterocycles. The van der Waals surface area contributed by atoms with Crippen LogP contribution in [0.25, 0.3) is 10.9 Å². The molecule has 1 aromatic carbocycles. The maximum atomic E-state index is 14.8. The number of hydrogen-bond donors (Lipinski definition) is 0. The molecule has 0 amide bonds. The van der Waals surface area contributed by atoms with Crippen LogP contribution in [0, 0.1) is 11.6 Å². The second kappa shape index (κ2) is 5.54. The Hall–Kier alpha value is -2.44. The second-order valence-corrected chi connectivity index (χ2v) is 6.53. The number of carbonyl (C=O) groups is 1. The summed E-state index contributed by atoms with van der Waals surface area (Å²) < 4.78 is 41.7. The molecule has 7 heteroatoms. The van der Waals surface area contributed by atoms with Crippen LogP contribution < -0.4 is 10.2 Å². The summed E-state index contributed by atoms with van der Waals surface area (Å²) in [4.78, 5) is 24.8. The lowest BCUT2D eigenvalue weighted by Crippen LogP contribution is -2.28. The van der Waals surface area contributed by atoms with Crippen molar-refractivity contribution in [3.63, 3.8) is 0 Å². The number of pyridine rings is 1. The van der Waals surface area contributed by atoms with Crippen LogP contribution >= 0.6 is 0 Å². The van der Waals surface area contributed by atoms with Crippen molar-refractivity contribution in [2.75, 3.05) is 13.2 Å². The number of benzene rings is 1. The highest BCUT2D eigenvalue weighted by Crippen LogP contribution is 2.49. The Morgan fingerprint density at radius 2 is 2.08 bits per heavy atom. The van der Waals surface area contributed by atoms with Gasteiger partial charge < -0.3 is 14.0 Å². The third kappa shape index (κ3) is 2.25. The van der Waals surface area contributed by atoms with Crippen LogP contribution in [-0.2, 0) is 4.74 Å². The Kier molecular flexibility index (Phi) is 3.56. The lowest BCUT2D eigenvalue weighted by Gasteiger charge is -2.29. The molecule has 1 fully saturated rings. The fourth-order valence-corrected chi connectivity index (χ4v) is 3.39. The fourth-order valence-electron chi connectivity index (χ4n) is 3.39. The van der Waals surface area contributed by atoms with Crippen molar-refractivity contribution in [1.29, 1.82) is 0 Å². The van der Waals surface area contributed by atoms with Crippen molar-refractivity contribution >= 4 is 16.9 Å². The van der Waals surface area contributed by atoms with Gasteiger partial charge in [-0.2, -0.15) is 0 Å². The van der Waals surface area contributed by atoms with E-state index in [-0.39, 0.29) is 47.6 Å². The molecule has 2 heterocycles. The Morgan fingerprint density at radius 3 is 2.72 bits per heavy atom. The van der Waals surface area contributed by atoms with E-state index in [9.17, 15) is 18.4 Å². The summed E-state index contributed by atoms with van der Waals surface area (Å²) in [6.45, 7) is 3.76. The molecule has 5 nitrogen and oxygen atoms in total. The van der Waals surface area contributed by atoms with E-state index in [1.54, 1.807) is 11.5 Å². The van der Waals surface area contributed by atoms with Gasteiger partial charge in [0.1, 0.15) is 17.9 Å². The lowest BCUT2D eigenvalue weighted by atomic mass is 10.0. The monoisotopic (exact) mass is 349 g/mol. The first-order valence-electron chi connectivity index (χ1n) is 8.35. The highest BCUT2D eigenvalue weighted by molar-refractivity contribution is 5.96. The highest BCUT2D eigenvalue weighted by atomic mass is 19.2. The minimum Gasteiger partial charge on any atom is -0.489 e. The maximum absolute atomic E-state index is 14.8. The zero-order valence-corrected chi connectivity index (χ0v) is 13.9. The zero-order chi connectivity index (χ0) is 17.9. The third-order valence-electron chi connectivity index (χ3n) is 4.77. The molecule has 25 heavy (non-hydrogen) atoms. The summed E-state index contributed by atoms with van der Waals surface area (Å²) in [5.41, 5.74) is -0.750. The smallest absolute Gasteiger partial charge is 0.343 e. The van der Waals surface area contributed by atoms with Crippen LogP contribution in [0.15, 0.2) is 11.0 Å². The molecule has 0 radical (unpaired) electrons. The quantitative estimate of drug-likeness (QED) is 0.798. The average molecular weight is 349 g/mol. The van der Waals surface area contributed by atoms with Gasteiger partial charge in [-0.1, -0.05) is 0 Å². The molecule has 0 spiro atoms. The summed E-state index contributed by atoms with van der Waals surface area (Å²) in [6, 6.07) is -0.235. The molecule has 1 aliphatic carbocycles. The molecule has 0 bridgehead atoms. The van der Waals surface area contributed by atoms with Crippen molar-refractivity contribution in [2.45, 2.75) is 38.6 Å². The Bertz CT molecular complexity index is 962. The number of rotatable bonds is 3. The molecule has 0 N–H and O–H groups in total. The number of hydrogen-bond acceptors (Lipinski definition) is 4. The first kappa shape index (κ1) is 16.1. The summed E-state index contributed by atoms with van der Waals surface area (Å²) >= 11 is 0. The molecular formula is C18H17F2NO4. The SMILES string of the molecule is CCOC(=O)c1cn2c3c(c(C4CC4)c(F)c(F)c3c1=O)OCC2C. The summed E-state index contributed by atoms with van der Waals surface area (Å²) in [6.07, 6.45) is 2.89. The van der Waals surface area contributed by atoms with E-state index in [1.165, 1.54) is 6.20 Å². The second-order valence-electron chi connectivity index (χ2n) is 6.53. The molecule has 1 saturated carbocycles. The Balaban J connectivity index is 2.13. The number of carbonyl (C=O) groups excluding carboxylic acids is 1. The first-order chi connectivity index (χ1) is 12.0. The van der Waals surface area contributed by atoms with Crippen LogP contribution in [0.3, 0.4) is 0 Å². The number of aromatic nitrogens is 1. The van der Waals surface area contributed by atoms with Crippen molar-refractivity contribution in [2.24, 2.45) is 0 Å². The summed E-state index contributed by atoms with van der Waals surface area (Å²) in [5.74, 6) is -2.98. The standard InChI is InChI=1S/C18H17F2NO4/c1-3-24-18(23)10-6-21-8(2)7-25-17-11(9-4-5-9)13(19)14(20)12(15(17)21)16(10)22/h6,8-9H,3-5,7H2,1-2H3. The van der Waals surface area contributed by atoms with Crippen molar-refractivity contribution < 1.29 is 23.0 Å². The molecular weight excluding hydrogens is 332 g/mol. The lowest BCUT2D eigenvalue weighted by molar-refractivity contribution is 0.0523. The molecule has 2 aromatic rings. The minimum atomic E-state index is -1.22. The van der Waals surface area contributed by atoms with Gasteiger partial charge in [0.2, 0.25) is 5.43 Å². The topological polar surface area (TPSA) is 57.5 Å². The normalized spacial score (nSPS) is 19.0. The number of ether oxygens (including phenoxy) is 2. The van der Waals surface area contributed by atoms with Crippen molar-refractivity contribution in [3.8, 4) is 5.75 Å². The van der Waals surface area contributed by atoms with E-state index in [2.05, 4.69) is 0 Å². The zero-order valence-electron chi connectivity index (χ0n) is 13.9.